The summed E-state index contributed by atoms with van der Waals surface area (Å²) in [4.78, 5) is 0. The van der Waals surface area contributed by atoms with Crippen molar-refractivity contribution in [3.63, 3.8) is 0 Å². The number of hydrogen-bond acceptors (Lipinski definition) is 2. The van der Waals surface area contributed by atoms with Gasteiger partial charge < -0.3 is 9.47 Å². The highest BCUT2D eigenvalue weighted by molar-refractivity contribution is 5.64. The molecule has 1 aromatic rings. The molecule has 5 heteroatoms. The van der Waals surface area contributed by atoms with Crippen molar-refractivity contribution in [3.05, 3.63) is 29.3 Å². The average molecular weight is 286 g/mol. The summed E-state index contributed by atoms with van der Waals surface area (Å²) in [5.41, 5.74) is -0.662. The largest absolute Gasteiger partial charge is 0.496 e. The fourth-order valence-corrected chi connectivity index (χ4v) is 2.31. The van der Waals surface area contributed by atoms with E-state index in [2.05, 4.69) is 0 Å². The van der Waals surface area contributed by atoms with Crippen molar-refractivity contribution in [3.8, 4) is 11.5 Å². The maximum atomic E-state index is 13.2. The Balaban J connectivity index is 2.50. The van der Waals surface area contributed by atoms with Crippen molar-refractivity contribution in [2.45, 2.75) is 38.5 Å². The van der Waals surface area contributed by atoms with Gasteiger partial charge in [0.1, 0.15) is 11.5 Å². The predicted octanol–water partition coefficient (Wildman–Crippen LogP) is 4.37. The van der Waals surface area contributed by atoms with Crippen molar-refractivity contribution in [2.75, 3.05) is 7.11 Å². The first-order valence-electron chi connectivity index (χ1n) is 6.52. The highest BCUT2D eigenvalue weighted by atomic mass is 19.4. The molecular formula is C15H17F3O2. The molecule has 0 saturated carbocycles. The molecule has 1 aliphatic heterocycles. The third kappa shape index (κ3) is 2.25. The summed E-state index contributed by atoms with van der Waals surface area (Å²) in [7, 11) is 1.50. The van der Waals surface area contributed by atoms with Gasteiger partial charge >= 0.3 is 6.18 Å². The average Bonchev–Trinajstić information content (AvgIpc) is 2.43. The molecule has 1 heterocycles. The highest BCUT2D eigenvalue weighted by Gasteiger charge is 2.55. The van der Waals surface area contributed by atoms with Gasteiger partial charge in [0, 0.05) is 11.6 Å². The van der Waals surface area contributed by atoms with E-state index in [0.29, 0.717) is 11.3 Å². The SMILES string of the molecule is CCc1cc2c(cc1OC)OC(CC)(C(F)(F)F)C=C2. The Kier molecular flexibility index (Phi) is 3.71. The van der Waals surface area contributed by atoms with E-state index < -0.39 is 11.8 Å². The Hall–Kier alpha value is -1.65. The van der Waals surface area contributed by atoms with Crippen LogP contribution in [0.4, 0.5) is 13.2 Å². The van der Waals surface area contributed by atoms with Crippen LogP contribution in [0.5, 0.6) is 11.5 Å². The molecular weight excluding hydrogens is 269 g/mol. The van der Waals surface area contributed by atoms with E-state index in [1.54, 1.807) is 6.07 Å². The van der Waals surface area contributed by atoms with Gasteiger partial charge in [-0.2, -0.15) is 13.2 Å². The molecule has 1 aliphatic rings. The maximum Gasteiger partial charge on any atom is 0.432 e. The summed E-state index contributed by atoms with van der Waals surface area (Å²) < 4.78 is 50.1. The van der Waals surface area contributed by atoms with E-state index >= 15 is 0 Å². The van der Waals surface area contributed by atoms with Crippen LogP contribution in [-0.4, -0.2) is 18.9 Å². The minimum Gasteiger partial charge on any atom is -0.496 e. The second-order valence-electron chi connectivity index (χ2n) is 4.73. The number of ether oxygens (including phenoxy) is 2. The number of benzene rings is 1. The molecule has 0 N–H and O–H groups in total. The summed E-state index contributed by atoms with van der Waals surface area (Å²) in [5, 5.41) is 0. The lowest BCUT2D eigenvalue weighted by molar-refractivity contribution is -0.230. The maximum absolute atomic E-state index is 13.2. The zero-order chi connectivity index (χ0) is 15.0. The Labute approximate surface area is 116 Å². The molecule has 0 radical (unpaired) electrons. The monoisotopic (exact) mass is 286 g/mol. The van der Waals surface area contributed by atoms with Gasteiger partial charge in [0.25, 0.3) is 0 Å². The lowest BCUT2D eigenvalue weighted by Gasteiger charge is -2.36. The Morgan fingerprint density at radius 2 is 1.95 bits per heavy atom. The summed E-state index contributed by atoms with van der Waals surface area (Å²) in [6.07, 6.45) is -1.31. The van der Waals surface area contributed by atoms with E-state index in [1.165, 1.54) is 26.2 Å². The molecule has 0 aromatic heterocycles. The van der Waals surface area contributed by atoms with Gasteiger partial charge in [-0.25, -0.2) is 0 Å². The summed E-state index contributed by atoms with van der Waals surface area (Å²) in [5.74, 6) is 0.759. The quantitative estimate of drug-likeness (QED) is 0.821. The topological polar surface area (TPSA) is 18.5 Å². The number of hydrogen-bond donors (Lipinski definition) is 0. The van der Waals surface area contributed by atoms with Crippen LogP contribution in [0.3, 0.4) is 0 Å². The molecule has 0 bridgehead atoms. The van der Waals surface area contributed by atoms with Crippen molar-refractivity contribution in [2.24, 2.45) is 0 Å². The number of methoxy groups -OCH3 is 1. The predicted molar refractivity (Wildman–Crippen MR) is 71.1 cm³/mol. The van der Waals surface area contributed by atoms with Gasteiger partial charge in [0.15, 0.2) is 0 Å². The lowest BCUT2D eigenvalue weighted by Crippen LogP contribution is -2.49. The first-order chi connectivity index (χ1) is 9.36. The second-order valence-corrected chi connectivity index (χ2v) is 4.73. The van der Waals surface area contributed by atoms with E-state index in [1.807, 2.05) is 6.92 Å². The van der Waals surface area contributed by atoms with Crippen molar-refractivity contribution < 1.29 is 22.6 Å². The van der Waals surface area contributed by atoms with Crippen molar-refractivity contribution in [1.82, 2.24) is 0 Å². The molecule has 110 valence electrons. The van der Waals surface area contributed by atoms with E-state index in [0.717, 1.165) is 18.1 Å². The number of aryl methyl sites for hydroxylation is 1. The van der Waals surface area contributed by atoms with Crippen LogP contribution in [0.15, 0.2) is 18.2 Å². The van der Waals surface area contributed by atoms with Gasteiger partial charge in [-0.1, -0.05) is 19.9 Å². The Morgan fingerprint density at radius 3 is 2.45 bits per heavy atom. The van der Waals surface area contributed by atoms with Crippen LogP contribution in [0.2, 0.25) is 0 Å². The molecule has 0 aliphatic carbocycles. The zero-order valence-corrected chi connectivity index (χ0v) is 11.7. The number of alkyl halides is 3. The third-order valence-electron chi connectivity index (χ3n) is 3.62. The van der Waals surface area contributed by atoms with Crippen LogP contribution in [0.1, 0.15) is 31.4 Å². The first-order valence-corrected chi connectivity index (χ1v) is 6.52. The van der Waals surface area contributed by atoms with Crippen molar-refractivity contribution in [1.29, 1.82) is 0 Å². The molecule has 1 unspecified atom stereocenters. The lowest BCUT2D eigenvalue weighted by atomic mass is 9.93. The smallest absolute Gasteiger partial charge is 0.432 e. The van der Waals surface area contributed by atoms with Crippen LogP contribution in [0, 0.1) is 0 Å². The fraction of sp³-hybridized carbons (Fsp3) is 0.467. The number of halogens is 3. The van der Waals surface area contributed by atoms with E-state index in [9.17, 15) is 13.2 Å². The molecule has 0 fully saturated rings. The van der Waals surface area contributed by atoms with Gasteiger partial charge in [-0.05, 0) is 30.5 Å². The molecule has 2 rings (SSSR count). The Morgan fingerprint density at radius 1 is 1.25 bits per heavy atom. The fourth-order valence-electron chi connectivity index (χ4n) is 2.31. The summed E-state index contributed by atoms with van der Waals surface area (Å²) in [6.45, 7) is 3.42. The number of rotatable bonds is 3. The second kappa shape index (κ2) is 5.04. The van der Waals surface area contributed by atoms with Gasteiger partial charge in [0.2, 0.25) is 5.60 Å². The molecule has 2 nitrogen and oxygen atoms in total. The first kappa shape index (κ1) is 14.8. The van der Waals surface area contributed by atoms with Crippen LogP contribution in [-0.2, 0) is 6.42 Å². The molecule has 1 aromatic carbocycles. The van der Waals surface area contributed by atoms with E-state index in [4.69, 9.17) is 9.47 Å². The standard InChI is InChI=1S/C15H17F3O2/c1-4-10-8-11-6-7-14(5-2,15(16,17)18)20-13(11)9-12(10)19-3/h6-9H,4-5H2,1-3H3. The molecule has 0 spiro atoms. The highest BCUT2D eigenvalue weighted by Crippen LogP contribution is 2.44. The van der Waals surface area contributed by atoms with Crippen molar-refractivity contribution >= 4 is 6.08 Å². The van der Waals surface area contributed by atoms with Crippen LogP contribution >= 0.6 is 0 Å². The summed E-state index contributed by atoms with van der Waals surface area (Å²) in [6, 6.07) is 3.34. The molecule has 1 atom stereocenters. The molecule has 0 saturated heterocycles. The van der Waals surface area contributed by atoms with Gasteiger partial charge in [-0.3, -0.25) is 0 Å². The van der Waals surface area contributed by atoms with Gasteiger partial charge in [0.05, 0.1) is 7.11 Å². The zero-order valence-electron chi connectivity index (χ0n) is 11.7. The Bertz CT molecular complexity index is 535. The van der Waals surface area contributed by atoms with Gasteiger partial charge in [-0.15, -0.1) is 0 Å². The third-order valence-corrected chi connectivity index (χ3v) is 3.62. The minimum atomic E-state index is -4.45. The van der Waals surface area contributed by atoms with E-state index in [-0.39, 0.29) is 12.2 Å². The number of fused-ring (bicyclic) bond motifs is 1. The minimum absolute atomic E-state index is 0.176. The van der Waals surface area contributed by atoms with Crippen LogP contribution < -0.4 is 9.47 Å². The molecule has 0 amide bonds. The molecule has 20 heavy (non-hydrogen) atoms. The normalized spacial score (nSPS) is 21.3. The van der Waals surface area contributed by atoms with Crippen LogP contribution in [0.25, 0.3) is 6.08 Å². The summed E-state index contributed by atoms with van der Waals surface area (Å²) >= 11 is 0.